The van der Waals surface area contributed by atoms with Crippen molar-refractivity contribution in [2.24, 2.45) is 5.18 Å². The Morgan fingerprint density at radius 2 is 2.18 bits per heavy atom. The smallest absolute Gasteiger partial charge is 0.222 e. The summed E-state index contributed by atoms with van der Waals surface area (Å²) >= 11 is 0. The molecule has 1 amide bonds. The molecule has 0 saturated heterocycles. The fraction of sp³-hybridized carbons (Fsp3) is 0.462. The van der Waals surface area contributed by atoms with Gasteiger partial charge in [0.1, 0.15) is 6.04 Å². The topological polar surface area (TPSA) is 49.7 Å². The summed E-state index contributed by atoms with van der Waals surface area (Å²) in [7, 11) is 1.75. The van der Waals surface area contributed by atoms with Crippen molar-refractivity contribution in [1.29, 1.82) is 0 Å². The van der Waals surface area contributed by atoms with E-state index < -0.39 is 0 Å². The first-order chi connectivity index (χ1) is 8.19. The van der Waals surface area contributed by atoms with Crippen LogP contribution in [0.1, 0.15) is 30.5 Å². The average molecular weight is 232 g/mol. The maximum atomic E-state index is 11.8. The van der Waals surface area contributed by atoms with Crippen LogP contribution in [-0.2, 0) is 11.2 Å². The highest BCUT2D eigenvalue weighted by atomic mass is 16.3. The Bertz CT molecular complexity index is 445. The van der Waals surface area contributed by atoms with Crippen LogP contribution < -0.4 is 0 Å². The fourth-order valence-electron chi connectivity index (χ4n) is 2.52. The van der Waals surface area contributed by atoms with Crippen molar-refractivity contribution in [3.8, 4) is 0 Å². The predicted octanol–water partition coefficient (Wildman–Crippen LogP) is 2.29. The summed E-state index contributed by atoms with van der Waals surface area (Å²) in [6.45, 7) is 1.82. The van der Waals surface area contributed by atoms with Gasteiger partial charge in [-0.25, -0.2) is 0 Å². The Balaban J connectivity index is 2.36. The Morgan fingerprint density at radius 1 is 1.47 bits per heavy atom. The molecular formula is C13H16N2O2. The minimum absolute atomic E-state index is 0.0420. The fourth-order valence-corrected chi connectivity index (χ4v) is 2.52. The molecule has 0 bridgehead atoms. The second kappa shape index (κ2) is 4.65. The van der Waals surface area contributed by atoms with Crippen molar-refractivity contribution in [3.63, 3.8) is 0 Å². The molecule has 0 N–H and O–H groups in total. The second-order valence-electron chi connectivity index (χ2n) is 4.38. The summed E-state index contributed by atoms with van der Waals surface area (Å²) in [6.07, 6.45) is 1.08. The van der Waals surface area contributed by atoms with Crippen LogP contribution >= 0.6 is 0 Å². The molecule has 1 aliphatic rings. The van der Waals surface area contributed by atoms with Gasteiger partial charge in [-0.3, -0.25) is 4.79 Å². The number of carbonyl (C=O) groups excluding carboxylic acids is 1. The van der Waals surface area contributed by atoms with Crippen LogP contribution in [0.3, 0.4) is 0 Å². The highest BCUT2D eigenvalue weighted by Gasteiger charge is 2.37. The van der Waals surface area contributed by atoms with E-state index >= 15 is 0 Å². The number of carbonyl (C=O) groups is 1. The zero-order valence-corrected chi connectivity index (χ0v) is 10.1. The molecule has 0 aromatic heterocycles. The van der Waals surface area contributed by atoms with E-state index in [4.69, 9.17) is 0 Å². The van der Waals surface area contributed by atoms with Crippen LogP contribution in [-0.4, -0.2) is 23.9 Å². The lowest BCUT2D eigenvalue weighted by Gasteiger charge is -2.27. The summed E-state index contributed by atoms with van der Waals surface area (Å²) in [6, 6.07) is 7.31. The summed E-state index contributed by atoms with van der Waals surface area (Å²) in [5, 5.41) is 3.18. The van der Waals surface area contributed by atoms with Crippen LogP contribution in [0.2, 0.25) is 0 Å². The molecule has 0 heterocycles. The molecule has 0 saturated carbocycles. The van der Waals surface area contributed by atoms with E-state index in [-0.39, 0.29) is 18.0 Å². The van der Waals surface area contributed by atoms with Crippen LogP contribution in [0.15, 0.2) is 29.4 Å². The number of benzene rings is 1. The summed E-state index contributed by atoms with van der Waals surface area (Å²) < 4.78 is 0. The Morgan fingerprint density at radius 3 is 2.82 bits per heavy atom. The highest BCUT2D eigenvalue weighted by molar-refractivity contribution is 5.76. The second-order valence-corrected chi connectivity index (χ2v) is 4.38. The van der Waals surface area contributed by atoms with Gasteiger partial charge in [-0.2, -0.15) is 4.91 Å². The van der Waals surface area contributed by atoms with Gasteiger partial charge in [-0.15, -0.1) is 0 Å². The molecule has 4 nitrogen and oxygen atoms in total. The minimum atomic E-state index is -0.354. The van der Waals surface area contributed by atoms with Crippen molar-refractivity contribution < 1.29 is 4.79 Å². The number of fused-ring (bicyclic) bond motifs is 1. The zero-order chi connectivity index (χ0) is 12.4. The number of likely N-dealkylation sites (N-methyl/N-ethyl adjacent to an activating group) is 1. The third kappa shape index (κ3) is 1.95. The quantitative estimate of drug-likeness (QED) is 0.751. The molecule has 90 valence electrons. The van der Waals surface area contributed by atoms with Crippen molar-refractivity contribution in [2.75, 3.05) is 7.05 Å². The first-order valence-corrected chi connectivity index (χ1v) is 5.85. The van der Waals surface area contributed by atoms with E-state index in [2.05, 4.69) is 5.18 Å². The Hall–Kier alpha value is -1.71. The molecule has 2 rings (SSSR count). The van der Waals surface area contributed by atoms with Crippen LogP contribution in [0.25, 0.3) is 0 Å². The monoisotopic (exact) mass is 232 g/mol. The largest absolute Gasteiger partial charge is 0.336 e. The molecule has 4 heteroatoms. The normalized spacial score (nSPS) is 22.0. The van der Waals surface area contributed by atoms with Gasteiger partial charge in [0.25, 0.3) is 0 Å². The number of hydrogen-bond donors (Lipinski definition) is 0. The number of nitroso groups, excluding NO2 is 1. The van der Waals surface area contributed by atoms with Crippen LogP contribution in [0.4, 0.5) is 0 Å². The average Bonchev–Trinajstić information content (AvgIpc) is 2.75. The predicted molar refractivity (Wildman–Crippen MR) is 65.5 cm³/mol. The first-order valence-electron chi connectivity index (χ1n) is 5.85. The molecule has 0 fully saturated rings. The van der Waals surface area contributed by atoms with E-state index in [1.807, 2.05) is 31.2 Å². The molecule has 1 aromatic rings. The summed E-state index contributed by atoms with van der Waals surface area (Å²) in [4.78, 5) is 24.3. The molecule has 2 unspecified atom stereocenters. The molecular weight excluding hydrogens is 216 g/mol. The zero-order valence-electron chi connectivity index (χ0n) is 10.1. The molecule has 1 aliphatic carbocycles. The van der Waals surface area contributed by atoms with E-state index in [0.717, 1.165) is 11.1 Å². The lowest BCUT2D eigenvalue weighted by atomic mass is 10.1. The molecule has 0 aliphatic heterocycles. The van der Waals surface area contributed by atoms with Gasteiger partial charge in [-0.1, -0.05) is 36.4 Å². The minimum Gasteiger partial charge on any atom is -0.336 e. The molecule has 2 atom stereocenters. The summed E-state index contributed by atoms with van der Waals surface area (Å²) in [5.41, 5.74) is 2.18. The maximum Gasteiger partial charge on any atom is 0.222 e. The van der Waals surface area contributed by atoms with Crippen LogP contribution in [0.5, 0.6) is 0 Å². The van der Waals surface area contributed by atoms with Crippen molar-refractivity contribution >= 4 is 5.91 Å². The maximum absolute atomic E-state index is 11.8. The van der Waals surface area contributed by atoms with Crippen molar-refractivity contribution in [3.05, 3.63) is 40.3 Å². The highest BCUT2D eigenvalue weighted by Crippen LogP contribution is 2.37. The lowest BCUT2D eigenvalue weighted by molar-refractivity contribution is -0.132. The summed E-state index contributed by atoms with van der Waals surface area (Å²) in [5.74, 6) is 0.0420. The lowest BCUT2D eigenvalue weighted by Crippen LogP contribution is -2.34. The Kier molecular flexibility index (Phi) is 3.22. The van der Waals surface area contributed by atoms with E-state index in [1.54, 1.807) is 11.9 Å². The number of nitrogens with zero attached hydrogens (tertiary/aromatic N) is 2. The van der Waals surface area contributed by atoms with E-state index in [1.165, 1.54) is 0 Å². The molecule has 0 spiro atoms. The van der Waals surface area contributed by atoms with Gasteiger partial charge < -0.3 is 4.90 Å². The molecule has 1 aromatic carbocycles. The van der Waals surface area contributed by atoms with Gasteiger partial charge in [0.15, 0.2) is 0 Å². The van der Waals surface area contributed by atoms with Gasteiger partial charge in [0.05, 0.1) is 6.04 Å². The standard InChI is InChI=1S/C13H16N2O2/c1-3-12(16)15(2)13-10-7-5-4-6-9(10)8-11(13)14-17/h4-7,11,13H,3,8H2,1-2H3. The number of hydrogen-bond acceptors (Lipinski definition) is 3. The SMILES string of the molecule is CCC(=O)N(C)C1c2ccccc2CC1N=O. The van der Waals surface area contributed by atoms with Gasteiger partial charge in [0, 0.05) is 19.9 Å². The Labute approximate surface area is 101 Å². The van der Waals surface area contributed by atoms with Crippen LogP contribution in [0, 0.1) is 4.91 Å². The molecule has 0 radical (unpaired) electrons. The third-order valence-electron chi connectivity index (χ3n) is 3.42. The van der Waals surface area contributed by atoms with Gasteiger partial charge in [-0.05, 0) is 11.1 Å². The van der Waals surface area contributed by atoms with E-state index in [0.29, 0.717) is 12.8 Å². The number of rotatable bonds is 3. The first kappa shape index (κ1) is 11.8. The third-order valence-corrected chi connectivity index (χ3v) is 3.42. The van der Waals surface area contributed by atoms with E-state index in [9.17, 15) is 9.70 Å². The van der Waals surface area contributed by atoms with Crippen molar-refractivity contribution in [2.45, 2.75) is 31.8 Å². The number of amides is 1. The molecule has 17 heavy (non-hydrogen) atoms. The van der Waals surface area contributed by atoms with Gasteiger partial charge >= 0.3 is 0 Å². The van der Waals surface area contributed by atoms with Crippen molar-refractivity contribution in [1.82, 2.24) is 4.90 Å². The van der Waals surface area contributed by atoms with Gasteiger partial charge in [0.2, 0.25) is 5.91 Å².